The van der Waals surface area contributed by atoms with Gasteiger partial charge in [-0.1, -0.05) is 18.2 Å². The molecule has 0 saturated heterocycles. The first kappa shape index (κ1) is 13.5. The molecule has 1 aromatic carbocycles. The molecular formula is C16H24N2S. The molecule has 19 heavy (non-hydrogen) atoms. The molecule has 1 atom stereocenters. The van der Waals surface area contributed by atoms with Crippen LogP contribution in [0.3, 0.4) is 0 Å². The van der Waals surface area contributed by atoms with Gasteiger partial charge in [-0.2, -0.15) is 0 Å². The lowest BCUT2D eigenvalue weighted by Gasteiger charge is -2.47. The van der Waals surface area contributed by atoms with Gasteiger partial charge >= 0.3 is 0 Å². The highest BCUT2D eigenvalue weighted by Gasteiger charge is 2.38. The summed E-state index contributed by atoms with van der Waals surface area (Å²) in [6, 6.07) is 8.84. The van der Waals surface area contributed by atoms with Crippen LogP contribution in [0.4, 0.5) is 0 Å². The molecule has 0 bridgehead atoms. The topological polar surface area (TPSA) is 15.3 Å². The van der Waals surface area contributed by atoms with Gasteiger partial charge in [0.05, 0.1) is 0 Å². The summed E-state index contributed by atoms with van der Waals surface area (Å²) < 4.78 is 0. The fourth-order valence-electron chi connectivity index (χ4n) is 3.20. The van der Waals surface area contributed by atoms with Gasteiger partial charge in [0.15, 0.2) is 0 Å². The largest absolute Gasteiger partial charge is 0.314 e. The van der Waals surface area contributed by atoms with Crippen molar-refractivity contribution in [3.05, 3.63) is 29.8 Å². The first-order valence-corrected chi connectivity index (χ1v) is 8.20. The van der Waals surface area contributed by atoms with Gasteiger partial charge in [0.1, 0.15) is 0 Å². The zero-order valence-corrected chi connectivity index (χ0v) is 12.8. The van der Waals surface area contributed by atoms with Crippen molar-refractivity contribution in [3.63, 3.8) is 0 Å². The molecule has 104 valence electrons. The van der Waals surface area contributed by atoms with E-state index in [1.54, 1.807) is 0 Å². The zero-order valence-electron chi connectivity index (χ0n) is 12.0. The lowest BCUT2D eigenvalue weighted by Crippen LogP contribution is -2.56. The molecule has 1 heterocycles. The van der Waals surface area contributed by atoms with Gasteiger partial charge in [-0.3, -0.25) is 0 Å². The standard InChI is InChI=1S/C16H24N2S/c1-18(2)16(8-5-9-16)12-17-11-14-10-13-6-3-4-7-15(13)19-14/h3-4,6-7,14,17H,5,8-12H2,1-2H3. The maximum atomic E-state index is 3.72. The molecule has 1 aliphatic carbocycles. The fourth-order valence-corrected chi connectivity index (χ4v) is 4.48. The van der Waals surface area contributed by atoms with Crippen molar-refractivity contribution in [2.24, 2.45) is 0 Å². The van der Waals surface area contributed by atoms with Crippen molar-refractivity contribution in [1.82, 2.24) is 10.2 Å². The summed E-state index contributed by atoms with van der Waals surface area (Å²) in [6.07, 6.45) is 5.32. The Kier molecular flexibility index (Phi) is 3.88. The average molecular weight is 276 g/mol. The van der Waals surface area contributed by atoms with Gasteiger partial charge in [-0.15, -0.1) is 11.8 Å². The molecule has 1 fully saturated rings. The minimum Gasteiger partial charge on any atom is -0.314 e. The molecular weight excluding hydrogens is 252 g/mol. The Morgan fingerprint density at radius 1 is 1.32 bits per heavy atom. The summed E-state index contributed by atoms with van der Waals surface area (Å²) in [5.41, 5.74) is 1.97. The number of thioether (sulfide) groups is 1. The molecule has 0 amide bonds. The van der Waals surface area contributed by atoms with Crippen molar-refractivity contribution in [3.8, 4) is 0 Å². The van der Waals surface area contributed by atoms with E-state index in [1.165, 1.54) is 36.1 Å². The van der Waals surface area contributed by atoms with Crippen molar-refractivity contribution in [1.29, 1.82) is 0 Å². The van der Waals surface area contributed by atoms with Crippen LogP contribution in [0.5, 0.6) is 0 Å². The number of nitrogens with one attached hydrogen (secondary N) is 1. The second kappa shape index (κ2) is 5.47. The van der Waals surface area contributed by atoms with Crippen LogP contribution >= 0.6 is 11.8 Å². The molecule has 0 radical (unpaired) electrons. The number of hydrogen-bond donors (Lipinski definition) is 1. The summed E-state index contributed by atoms with van der Waals surface area (Å²) >= 11 is 2.04. The molecule has 1 unspecified atom stereocenters. The highest BCUT2D eigenvalue weighted by atomic mass is 32.2. The van der Waals surface area contributed by atoms with Crippen LogP contribution in [-0.4, -0.2) is 42.9 Å². The molecule has 3 rings (SSSR count). The number of likely N-dealkylation sites (N-methyl/N-ethyl adjacent to an activating group) is 1. The summed E-state index contributed by atoms with van der Waals surface area (Å²) in [5, 5.41) is 4.44. The van der Waals surface area contributed by atoms with E-state index >= 15 is 0 Å². The second-order valence-corrected chi connectivity index (χ2v) is 7.50. The van der Waals surface area contributed by atoms with Crippen molar-refractivity contribution < 1.29 is 0 Å². The number of hydrogen-bond acceptors (Lipinski definition) is 3. The van der Waals surface area contributed by atoms with Crippen molar-refractivity contribution >= 4 is 11.8 Å². The molecule has 1 aliphatic heterocycles. The molecule has 1 saturated carbocycles. The maximum absolute atomic E-state index is 3.72. The molecule has 2 nitrogen and oxygen atoms in total. The van der Waals surface area contributed by atoms with Crippen molar-refractivity contribution in [2.75, 3.05) is 27.2 Å². The molecule has 0 spiro atoms. The Hall–Kier alpha value is -0.510. The molecule has 2 aliphatic rings. The first-order chi connectivity index (χ1) is 9.20. The molecule has 3 heteroatoms. The highest BCUT2D eigenvalue weighted by Crippen LogP contribution is 2.37. The van der Waals surface area contributed by atoms with Crippen LogP contribution in [0.15, 0.2) is 29.2 Å². The third-order valence-electron chi connectivity index (χ3n) is 4.77. The van der Waals surface area contributed by atoms with Gasteiger partial charge in [-0.05, 0) is 51.4 Å². The maximum Gasteiger partial charge on any atom is 0.0327 e. The van der Waals surface area contributed by atoms with Crippen LogP contribution in [-0.2, 0) is 6.42 Å². The minimum absolute atomic E-state index is 0.441. The average Bonchev–Trinajstić information content (AvgIpc) is 2.74. The lowest BCUT2D eigenvalue weighted by atomic mass is 9.75. The van der Waals surface area contributed by atoms with Gasteiger partial charge in [0.25, 0.3) is 0 Å². The number of rotatable bonds is 5. The Morgan fingerprint density at radius 2 is 2.11 bits per heavy atom. The van der Waals surface area contributed by atoms with Crippen molar-refractivity contribution in [2.45, 2.75) is 41.4 Å². The lowest BCUT2D eigenvalue weighted by molar-refractivity contribution is 0.0604. The van der Waals surface area contributed by atoms with Crippen LogP contribution in [0.2, 0.25) is 0 Å². The monoisotopic (exact) mass is 276 g/mol. The van der Waals surface area contributed by atoms with E-state index in [4.69, 9.17) is 0 Å². The van der Waals surface area contributed by atoms with Crippen LogP contribution in [0.25, 0.3) is 0 Å². The summed E-state index contributed by atoms with van der Waals surface area (Å²) in [5.74, 6) is 0. The SMILES string of the molecule is CN(C)C1(CNCC2Cc3ccccc3S2)CCC1. The Morgan fingerprint density at radius 3 is 2.74 bits per heavy atom. The quantitative estimate of drug-likeness (QED) is 0.890. The van der Waals surface area contributed by atoms with E-state index in [2.05, 4.69) is 48.6 Å². The van der Waals surface area contributed by atoms with Gasteiger partial charge in [0.2, 0.25) is 0 Å². The smallest absolute Gasteiger partial charge is 0.0327 e. The summed E-state index contributed by atoms with van der Waals surface area (Å²) in [4.78, 5) is 3.90. The Labute approximate surface area is 121 Å². The van der Waals surface area contributed by atoms with E-state index in [9.17, 15) is 0 Å². The fraction of sp³-hybridized carbons (Fsp3) is 0.625. The second-order valence-electron chi connectivity index (χ2n) is 6.15. The van der Waals surface area contributed by atoms with E-state index in [0.717, 1.165) is 18.3 Å². The molecule has 0 aromatic heterocycles. The van der Waals surface area contributed by atoms with Crippen LogP contribution in [0, 0.1) is 0 Å². The van der Waals surface area contributed by atoms with Gasteiger partial charge < -0.3 is 10.2 Å². The Bertz CT molecular complexity index is 415. The van der Waals surface area contributed by atoms with Gasteiger partial charge in [-0.25, -0.2) is 0 Å². The normalized spacial score (nSPS) is 24.3. The highest BCUT2D eigenvalue weighted by molar-refractivity contribution is 8.00. The predicted molar refractivity (Wildman–Crippen MR) is 82.9 cm³/mol. The predicted octanol–water partition coefficient (Wildman–Crippen LogP) is 2.78. The first-order valence-electron chi connectivity index (χ1n) is 7.32. The summed E-state index contributed by atoms with van der Waals surface area (Å²) in [7, 11) is 4.45. The molecule has 1 aromatic rings. The number of nitrogens with zero attached hydrogens (tertiary/aromatic N) is 1. The van der Waals surface area contributed by atoms with E-state index < -0.39 is 0 Å². The van der Waals surface area contributed by atoms with Crippen LogP contribution in [0.1, 0.15) is 24.8 Å². The third kappa shape index (κ3) is 2.69. The third-order valence-corrected chi connectivity index (χ3v) is 6.09. The zero-order chi connectivity index (χ0) is 13.3. The Balaban J connectivity index is 1.47. The minimum atomic E-state index is 0.441. The van der Waals surface area contributed by atoms with E-state index in [0.29, 0.717) is 5.54 Å². The van der Waals surface area contributed by atoms with E-state index in [1.807, 2.05) is 11.8 Å². The summed E-state index contributed by atoms with van der Waals surface area (Å²) in [6.45, 7) is 2.28. The van der Waals surface area contributed by atoms with E-state index in [-0.39, 0.29) is 0 Å². The number of benzene rings is 1. The van der Waals surface area contributed by atoms with Gasteiger partial charge in [0, 0.05) is 28.8 Å². The molecule has 1 N–H and O–H groups in total. The number of fused-ring (bicyclic) bond motifs is 1. The van der Waals surface area contributed by atoms with Crippen LogP contribution < -0.4 is 5.32 Å².